The van der Waals surface area contributed by atoms with Crippen molar-refractivity contribution in [1.82, 2.24) is 10.6 Å². The molecule has 0 radical (unpaired) electrons. The molecule has 1 atom stereocenters. The Balaban J connectivity index is 2.25. The quantitative estimate of drug-likeness (QED) is 0.621. The van der Waals surface area contributed by atoms with Crippen molar-refractivity contribution in [3.63, 3.8) is 0 Å². The van der Waals surface area contributed by atoms with Crippen LogP contribution in [0.1, 0.15) is 25.5 Å². The molecule has 1 aliphatic rings. The number of nitrogens with one attached hydrogen (secondary N) is 2. The fourth-order valence-corrected chi connectivity index (χ4v) is 2.32. The first-order valence-electron chi connectivity index (χ1n) is 7.32. The highest BCUT2D eigenvalue weighted by Gasteiger charge is 2.33. The van der Waals surface area contributed by atoms with Crippen molar-refractivity contribution < 1.29 is 23.5 Å². The average molecular weight is 322 g/mol. The molecule has 7 heteroatoms. The van der Waals surface area contributed by atoms with E-state index in [-0.39, 0.29) is 24.4 Å². The molecular weight excluding hydrogens is 303 g/mol. The van der Waals surface area contributed by atoms with Crippen molar-refractivity contribution in [3.8, 4) is 0 Å². The van der Waals surface area contributed by atoms with Crippen LogP contribution in [-0.2, 0) is 14.3 Å². The van der Waals surface area contributed by atoms with E-state index in [0.29, 0.717) is 12.3 Å². The van der Waals surface area contributed by atoms with Crippen LogP contribution in [0.15, 0.2) is 35.5 Å². The second-order valence-corrected chi connectivity index (χ2v) is 4.92. The minimum atomic E-state index is -0.899. The number of rotatable bonds is 6. The van der Waals surface area contributed by atoms with E-state index in [9.17, 15) is 14.0 Å². The van der Waals surface area contributed by atoms with Gasteiger partial charge in [-0.1, -0.05) is 18.2 Å². The van der Waals surface area contributed by atoms with E-state index in [1.54, 1.807) is 19.1 Å². The first-order valence-corrected chi connectivity index (χ1v) is 7.32. The number of hydrogen-bond donors (Lipinski definition) is 2. The van der Waals surface area contributed by atoms with Gasteiger partial charge in [-0.2, -0.15) is 0 Å². The lowest BCUT2D eigenvalue weighted by Gasteiger charge is -2.28. The van der Waals surface area contributed by atoms with Gasteiger partial charge in [0, 0.05) is 17.9 Å². The number of carbonyl (C=O) groups is 2. The molecule has 0 aromatic heterocycles. The molecule has 6 nitrogen and oxygen atoms in total. The Morgan fingerprint density at radius 3 is 2.74 bits per heavy atom. The molecule has 1 aromatic carbocycles. The van der Waals surface area contributed by atoms with Crippen molar-refractivity contribution >= 4 is 12.0 Å². The Hall–Kier alpha value is -2.41. The lowest BCUT2D eigenvalue weighted by atomic mass is 9.95. The fourth-order valence-electron chi connectivity index (χ4n) is 2.32. The zero-order valence-corrected chi connectivity index (χ0v) is 13.0. The lowest BCUT2D eigenvalue weighted by Crippen LogP contribution is -2.45. The number of urea groups is 1. The van der Waals surface area contributed by atoms with Gasteiger partial charge in [0.15, 0.2) is 0 Å². The van der Waals surface area contributed by atoms with Gasteiger partial charge in [0.05, 0.1) is 18.2 Å². The summed E-state index contributed by atoms with van der Waals surface area (Å²) < 4.78 is 24.3. The third-order valence-corrected chi connectivity index (χ3v) is 3.37. The van der Waals surface area contributed by atoms with Crippen LogP contribution in [0.2, 0.25) is 0 Å². The van der Waals surface area contributed by atoms with Crippen molar-refractivity contribution in [3.05, 3.63) is 46.9 Å². The van der Waals surface area contributed by atoms with E-state index >= 15 is 0 Å². The lowest BCUT2D eigenvalue weighted by molar-refractivity contribution is -0.141. The summed E-state index contributed by atoms with van der Waals surface area (Å²) in [6.45, 7) is 4.30. The van der Waals surface area contributed by atoms with E-state index < -0.39 is 23.9 Å². The Bertz CT molecular complexity index is 630. The van der Waals surface area contributed by atoms with Gasteiger partial charge in [-0.25, -0.2) is 14.0 Å². The zero-order chi connectivity index (χ0) is 16.8. The molecule has 0 saturated carbocycles. The van der Waals surface area contributed by atoms with Crippen molar-refractivity contribution in [2.75, 3.05) is 19.8 Å². The third-order valence-electron chi connectivity index (χ3n) is 3.37. The molecule has 0 bridgehead atoms. The van der Waals surface area contributed by atoms with Crippen molar-refractivity contribution in [1.29, 1.82) is 0 Å². The molecule has 0 saturated heterocycles. The largest absolute Gasteiger partial charge is 0.460 e. The molecule has 1 heterocycles. The normalized spacial score (nSPS) is 17.5. The van der Waals surface area contributed by atoms with Crippen molar-refractivity contribution in [2.24, 2.45) is 0 Å². The standard InChI is InChI=1S/C16H19FN2O4/c1-3-22-8-9-23-15(20)13-10(2)18-16(21)19-14(13)11-6-4-5-7-12(11)17/h4-7,14H,3,8-9H2,1-2H3,(H2,18,19,21)/t14-/m0/s1. The fraction of sp³-hybridized carbons (Fsp3) is 0.375. The Labute approximate surface area is 133 Å². The topological polar surface area (TPSA) is 76.7 Å². The SMILES string of the molecule is CCOCCOC(=O)C1=C(C)NC(=O)N[C@H]1c1ccccc1F. The molecule has 0 unspecified atom stereocenters. The van der Waals surface area contributed by atoms with Crippen LogP contribution < -0.4 is 10.6 Å². The second-order valence-electron chi connectivity index (χ2n) is 4.92. The summed E-state index contributed by atoms with van der Waals surface area (Å²) in [6, 6.07) is 4.58. The second kappa shape index (κ2) is 7.73. The minimum absolute atomic E-state index is 0.0847. The highest BCUT2D eigenvalue weighted by molar-refractivity contribution is 5.95. The Morgan fingerprint density at radius 2 is 2.04 bits per heavy atom. The predicted molar refractivity (Wildman–Crippen MR) is 81.0 cm³/mol. The average Bonchev–Trinajstić information content (AvgIpc) is 2.51. The van der Waals surface area contributed by atoms with Gasteiger partial charge >= 0.3 is 12.0 Å². The van der Waals surface area contributed by atoms with E-state index in [2.05, 4.69) is 10.6 Å². The van der Waals surface area contributed by atoms with E-state index in [0.717, 1.165) is 0 Å². The number of amides is 2. The summed E-state index contributed by atoms with van der Waals surface area (Å²) in [5.41, 5.74) is 0.716. The highest BCUT2D eigenvalue weighted by Crippen LogP contribution is 2.29. The molecule has 2 amide bonds. The summed E-state index contributed by atoms with van der Waals surface area (Å²) in [7, 11) is 0. The molecule has 0 fully saturated rings. The van der Waals surface area contributed by atoms with Crippen LogP contribution >= 0.6 is 0 Å². The maximum Gasteiger partial charge on any atom is 0.338 e. The van der Waals surface area contributed by atoms with Gasteiger partial charge in [0.2, 0.25) is 0 Å². The molecule has 124 valence electrons. The first-order chi connectivity index (χ1) is 11.0. The third kappa shape index (κ3) is 4.07. The summed E-state index contributed by atoms with van der Waals surface area (Å²) in [6.07, 6.45) is 0. The van der Waals surface area contributed by atoms with Gasteiger partial charge < -0.3 is 20.1 Å². The first kappa shape index (κ1) is 17.0. The maximum absolute atomic E-state index is 14.1. The van der Waals surface area contributed by atoms with Gasteiger partial charge in [-0.3, -0.25) is 0 Å². The molecule has 2 N–H and O–H groups in total. The number of allylic oxidation sites excluding steroid dienone is 1. The van der Waals surface area contributed by atoms with E-state index in [1.165, 1.54) is 12.1 Å². The Kier molecular flexibility index (Phi) is 5.70. The van der Waals surface area contributed by atoms with Gasteiger partial charge in [0.25, 0.3) is 0 Å². The van der Waals surface area contributed by atoms with Crippen LogP contribution in [0.25, 0.3) is 0 Å². The predicted octanol–water partition coefficient (Wildman–Crippen LogP) is 2.03. The molecule has 23 heavy (non-hydrogen) atoms. The Morgan fingerprint density at radius 1 is 1.30 bits per heavy atom. The monoisotopic (exact) mass is 322 g/mol. The maximum atomic E-state index is 14.1. The summed E-state index contributed by atoms with van der Waals surface area (Å²) in [5, 5.41) is 5.06. The number of carbonyl (C=O) groups excluding carboxylic acids is 2. The van der Waals surface area contributed by atoms with E-state index in [4.69, 9.17) is 9.47 Å². The molecule has 0 aliphatic carbocycles. The van der Waals surface area contributed by atoms with Gasteiger partial charge in [0.1, 0.15) is 12.4 Å². The van der Waals surface area contributed by atoms with Gasteiger partial charge in [-0.05, 0) is 19.9 Å². The molecular formula is C16H19FN2O4. The molecule has 1 aliphatic heterocycles. The highest BCUT2D eigenvalue weighted by atomic mass is 19.1. The number of benzene rings is 1. The molecule has 0 spiro atoms. The van der Waals surface area contributed by atoms with Crippen molar-refractivity contribution in [2.45, 2.75) is 19.9 Å². The zero-order valence-electron chi connectivity index (χ0n) is 13.0. The molecule has 1 aromatic rings. The van der Waals surface area contributed by atoms with Crippen LogP contribution in [0.3, 0.4) is 0 Å². The number of halogens is 1. The summed E-state index contributed by atoms with van der Waals surface area (Å²) in [5.74, 6) is -1.13. The smallest absolute Gasteiger partial charge is 0.338 e. The van der Waals surface area contributed by atoms with E-state index in [1.807, 2.05) is 6.92 Å². The van der Waals surface area contributed by atoms with Crippen LogP contribution in [0, 0.1) is 5.82 Å². The number of hydrogen-bond acceptors (Lipinski definition) is 4. The molecule has 2 rings (SSSR count). The summed E-state index contributed by atoms with van der Waals surface area (Å²) in [4.78, 5) is 24.0. The van der Waals surface area contributed by atoms with Crippen LogP contribution in [0.5, 0.6) is 0 Å². The van der Waals surface area contributed by atoms with Crippen LogP contribution in [0.4, 0.5) is 9.18 Å². The minimum Gasteiger partial charge on any atom is -0.460 e. The summed E-state index contributed by atoms with van der Waals surface area (Å²) >= 11 is 0. The van der Waals surface area contributed by atoms with Crippen LogP contribution in [-0.4, -0.2) is 31.8 Å². The number of esters is 1. The number of ether oxygens (including phenoxy) is 2. The van der Waals surface area contributed by atoms with Gasteiger partial charge in [-0.15, -0.1) is 0 Å².